The molecule has 0 bridgehead atoms. The molecule has 2 aliphatic heterocycles. The maximum atomic E-state index is 12.8. The number of carbonyl (C=O) groups excluding carboxylic acids is 1. The molecule has 2 aliphatic rings. The van der Waals surface area contributed by atoms with Gasteiger partial charge in [0.25, 0.3) is 5.91 Å². The summed E-state index contributed by atoms with van der Waals surface area (Å²) in [6, 6.07) is 12.3. The van der Waals surface area contributed by atoms with Gasteiger partial charge in [-0.1, -0.05) is 18.2 Å². The monoisotopic (exact) mass is 366 g/mol. The van der Waals surface area contributed by atoms with Gasteiger partial charge in [-0.2, -0.15) is 0 Å². The second-order valence-corrected chi connectivity index (χ2v) is 7.17. The number of benzene rings is 1. The molecular formula is C20H26N6O. The highest BCUT2D eigenvalue weighted by Gasteiger charge is 2.23. The van der Waals surface area contributed by atoms with E-state index in [0.717, 1.165) is 58.2 Å². The molecule has 1 amide bonds. The molecule has 142 valence electrons. The first-order valence-electron chi connectivity index (χ1n) is 9.55. The summed E-state index contributed by atoms with van der Waals surface area (Å²) in [5.41, 5.74) is 1.75. The van der Waals surface area contributed by atoms with Crippen molar-refractivity contribution in [3.05, 3.63) is 48.4 Å². The minimum atomic E-state index is 0.00896. The van der Waals surface area contributed by atoms with Crippen LogP contribution in [-0.4, -0.2) is 85.1 Å². The number of hydrogen-bond donors (Lipinski definition) is 0. The summed E-state index contributed by atoms with van der Waals surface area (Å²) in [6.45, 7) is 6.97. The lowest BCUT2D eigenvalue weighted by atomic mass is 10.2. The third-order valence-electron chi connectivity index (χ3n) is 5.39. The number of likely N-dealkylation sites (N-methyl/N-ethyl adjacent to an activating group) is 1. The summed E-state index contributed by atoms with van der Waals surface area (Å²) >= 11 is 0. The van der Waals surface area contributed by atoms with E-state index in [1.54, 1.807) is 0 Å². The zero-order valence-corrected chi connectivity index (χ0v) is 15.8. The summed E-state index contributed by atoms with van der Waals surface area (Å²) in [5, 5.41) is 0. The lowest BCUT2D eigenvalue weighted by Crippen LogP contribution is -2.48. The Morgan fingerprint density at radius 3 is 2.22 bits per heavy atom. The number of para-hydroxylation sites is 1. The number of rotatable bonds is 3. The largest absolute Gasteiger partial charge is 0.368 e. The van der Waals surface area contributed by atoms with Crippen LogP contribution in [-0.2, 0) is 0 Å². The van der Waals surface area contributed by atoms with Gasteiger partial charge < -0.3 is 19.6 Å². The molecule has 27 heavy (non-hydrogen) atoms. The highest BCUT2D eigenvalue weighted by molar-refractivity contribution is 5.93. The van der Waals surface area contributed by atoms with Crippen LogP contribution in [0.1, 0.15) is 10.5 Å². The first-order chi connectivity index (χ1) is 13.2. The normalized spacial score (nSPS) is 18.6. The van der Waals surface area contributed by atoms with E-state index in [1.165, 1.54) is 12.0 Å². The summed E-state index contributed by atoms with van der Waals surface area (Å²) in [6.07, 6.45) is 1.52. The minimum absolute atomic E-state index is 0.00896. The number of piperazine rings is 2. The maximum absolute atomic E-state index is 12.8. The Morgan fingerprint density at radius 1 is 0.852 bits per heavy atom. The molecule has 0 saturated carbocycles. The molecule has 2 aromatic rings. The molecule has 0 spiro atoms. The van der Waals surface area contributed by atoms with Crippen LogP contribution in [0.15, 0.2) is 42.7 Å². The van der Waals surface area contributed by atoms with Crippen LogP contribution in [0.2, 0.25) is 0 Å². The Morgan fingerprint density at radius 2 is 1.52 bits per heavy atom. The van der Waals surface area contributed by atoms with E-state index in [0.29, 0.717) is 5.69 Å². The maximum Gasteiger partial charge on any atom is 0.272 e. The second-order valence-electron chi connectivity index (χ2n) is 7.17. The van der Waals surface area contributed by atoms with Crippen LogP contribution < -0.4 is 9.80 Å². The average Bonchev–Trinajstić information content (AvgIpc) is 2.75. The smallest absolute Gasteiger partial charge is 0.272 e. The summed E-state index contributed by atoms with van der Waals surface area (Å²) in [4.78, 5) is 30.2. The van der Waals surface area contributed by atoms with E-state index in [-0.39, 0.29) is 5.91 Å². The van der Waals surface area contributed by atoms with Gasteiger partial charge in [-0.3, -0.25) is 4.79 Å². The Labute approximate surface area is 160 Å². The lowest BCUT2D eigenvalue weighted by molar-refractivity contribution is 0.0658. The number of nitrogens with zero attached hydrogens (tertiary/aromatic N) is 6. The van der Waals surface area contributed by atoms with E-state index < -0.39 is 0 Å². The average molecular weight is 366 g/mol. The lowest BCUT2D eigenvalue weighted by Gasteiger charge is -2.37. The van der Waals surface area contributed by atoms with Gasteiger partial charge in [0.15, 0.2) is 0 Å². The van der Waals surface area contributed by atoms with Gasteiger partial charge >= 0.3 is 0 Å². The number of hydrogen-bond acceptors (Lipinski definition) is 6. The van der Waals surface area contributed by atoms with Crippen molar-refractivity contribution in [2.45, 2.75) is 0 Å². The van der Waals surface area contributed by atoms with Crippen molar-refractivity contribution in [1.29, 1.82) is 0 Å². The standard InChI is InChI=1S/C20H26N6O/c1-23-7-9-26(10-8-23)20(27)18-15-19(22-16-21-18)25-13-11-24(12-14-25)17-5-3-2-4-6-17/h2-6,15-16H,7-14H2,1H3. The summed E-state index contributed by atoms with van der Waals surface area (Å²) in [5.74, 6) is 0.852. The molecule has 2 fully saturated rings. The van der Waals surface area contributed by atoms with E-state index in [9.17, 15) is 4.79 Å². The highest BCUT2D eigenvalue weighted by Crippen LogP contribution is 2.19. The molecular weight excluding hydrogens is 340 g/mol. The number of anilines is 2. The van der Waals surface area contributed by atoms with Crippen molar-refractivity contribution >= 4 is 17.4 Å². The topological polar surface area (TPSA) is 55.8 Å². The Hall–Kier alpha value is -2.67. The zero-order chi connectivity index (χ0) is 18.6. The highest BCUT2D eigenvalue weighted by atomic mass is 16.2. The van der Waals surface area contributed by atoms with Gasteiger partial charge in [0.2, 0.25) is 0 Å². The van der Waals surface area contributed by atoms with Crippen LogP contribution >= 0.6 is 0 Å². The fourth-order valence-corrected chi connectivity index (χ4v) is 3.64. The predicted molar refractivity (Wildman–Crippen MR) is 106 cm³/mol. The van der Waals surface area contributed by atoms with Crippen molar-refractivity contribution in [1.82, 2.24) is 19.8 Å². The van der Waals surface area contributed by atoms with Crippen molar-refractivity contribution < 1.29 is 4.79 Å². The van der Waals surface area contributed by atoms with E-state index in [1.807, 2.05) is 17.0 Å². The zero-order valence-electron chi connectivity index (χ0n) is 15.8. The van der Waals surface area contributed by atoms with Crippen LogP contribution in [0.3, 0.4) is 0 Å². The molecule has 1 aromatic heterocycles. The van der Waals surface area contributed by atoms with Gasteiger partial charge in [-0.15, -0.1) is 0 Å². The summed E-state index contributed by atoms with van der Waals surface area (Å²) in [7, 11) is 2.08. The van der Waals surface area contributed by atoms with Crippen LogP contribution in [0, 0.1) is 0 Å². The minimum Gasteiger partial charge on any atom is -0.368 e. The fraction of sp³-hybridized carbons (Fsp3) is 0.450. The number of amides is 1. The van der Waals surface area contributed by atoms with Crippen molar-refractivity contribution in [2.24, 2.45) is 0 Å². The molecule has 7 heteroatoms. The predicted octanol–water partition coefficient (Wildman–Crippen LogP) is 1.19. The van der Waals surface area contributed by atoms with Crippen LogP contribution in [0.4, 0.5) is 11.5 Å². The van der Waals surface area contributed by atoms with E-state index in [2.05, 4.69) is 56.0 Å². The van der Waals surface area contributed by atoms with Crippen molar-refractivity contribution in [3.63, 3.8) is 0 Å². The Bertz CT molecular complexity index is 767. The third kappa shape index (κ3) is 4.03. The van der Waals surface area contributed by atoms with Crippen LogP contribution in [0.25, 0.3) is 0 Å². The second kappa shape index (κ2) is 7.92. The molecule has 1 aromatic carbocycles. The van der Waals surface area contributed by atoms with Crippen LogP contribution in [0.5, 0.6) is 0 Å². The quantitative estimate of drug-likeness (QED) is 0.813. The van der Waals surface area contributed by atoms with Gasteiger partial charge in [0.05, 0.1) is 0 Å². The Kier molecular flexibility index (Phi) is 5.20. The third-order valence-corrected chi connectivity index (χ3v) is 5.39. The molecule has 0 N–H and O–H groups in total. The molecule has 0 unspecified atom stereocenters. The molecule has 3 heterocycles. The van der Waals surface area contributed by atoms with E-state index >= 15 is 0 Å². The molecule has 2 saturated heterocycles. The SMILES string of the molecule is CN1CCN(C(=O)c2cc(N3CCN(c4ccccc4)CC3)ncn2)CC1. The molecule has 0 aliphatic carbocycles. The van der Waals surface area contributed by atoms with Crippen molar-refractivity contribution in [2.75, 3.05) is 69.2 Å². The first-order valence-corrected chi connectivity index (χ1v) is 9.55. The number of carbonyl (C=O) groups is 1. The molecule has 0 radical (unpaired) electrons. The number of aromatic nitrogens is 2. The first kappa shape index (κ1) is 17.7. The summed E-state index contributed by atoms with van der Waals surface area (Å²) < 4.78 is 0. The Balaban J connectivity index is 1.40. The molecule has 7 nitrogen and oxygen atoms in total. The van der Waals surface area contributed by atoms with Gasteiger partial charge in [-0.05, 0) is 19.2 Å². The van der Waals surface area contributed by atoms with Gasteiger partial charge in [0.1, 0.15) is 17.8 Å². The van der Waals surface area contributed by atoms with Gasteiger partial charge in [-0.25, -0.2) is 9.97 Å². The fourth-order valence-electron chi connectivity index (χ4n) is 3.64. The molecule has 0 atom stereocenters. The van der Waals surface area contributed by atoms with Crippen molar-refractivity contribution in [3.8, 4) is 0 Å². The van der Waals surface area contributed by atoms with E-state index in [4.69, 9.17) is 0 Å². The molecule has 4 rings (SSSR count). The van der Waals surface area contributed by atoms with Gasteiger partial charge in [0, 0.05) is 64.1 Å².